The predicted octanol–water partition coefficient (Wildman–Crippen LogP) is 4.16. The third kappa shape index (κ3) is 2.96. The van der Waals surface area contributed by atoms with Gasteiger partial charge in [0.25, 0.3) is 0 Å². The van der Waals surface area contributed by atoms with E-state index in [1.165, 1.54) is 11.3 Å². The highest BCUT2D eigenvalue weighted by Crippen LogP contribution is 2.41. The van der Waals surface area contributed by atoms with E-state index in [0.717, 1.165) is 17.7 Å². The molecule has 1 N–H and O–H groups in total. The first-order chi connectivity index (χ1) is 10.9. The average molecular weight is 308 g/mol. The number of hydrogen-bond donors (Lipinski definition) is 1. The van der Waals surface area contributed by atoms with Crippen LogP contribution in [-0.4, -0.2) is 20.0 Å². The quantitative estimate of drug-likeness (QED) is 0.920. The number of fused-ring (bicyclic) bond motifs is 1. The molecule has 1 atom stereocenters. The fraction of sp³-hybridized carbons (Fsp3) is 0.350. The van der Waals surface area contributed by atoms with E-state index < -0.39 is 0 Å². The van der Waals surface area contributed by atoms with E-state index in [-0.39, 0.29) is 17.2 Å². The average Bonchev–Trinajstić information content (AvgIpc) is 2.83. The molecule has 0 spiro atoms. The summed E-state index contributed by atoms with van der Waals surface area (Å²) >= 11 is 0. The summed E-state index contributed by atoms with van der Waals surface area (Å²) in [7, 11) is 4.08. The van der Waals surface area contributed by atoms with Crippen molar-refractivity contribution in [1.29, 1.82) is 0 Å². The van der Waals surface area contributed by atoms with Crippen LogP contribution in [0.2, 0.25) is 0 Å². The fourth-order valence-corrected chi connectivity index (χ4v) is 3.32. The Morgan fingerprint density at radius 2 is 1.70 bits per heavy atom. The molecular formula is C20H24N2O. The lowest BCUT2D eigenvalue weighted by Crippen LogP contribution is -2.24. The van der Waals surface area contributed by atoms with Crippen LogP contribution in [0.25, 0.3) is 0 Å². The number of carbonyl (C=O) groups excluding carboxylic acids is 1. The van der Waals surface area contributed by atoms with E-state index in [0.29, 0.717) is 0 Å². The normalized spacial score (nSPS) is 16.9. The second-order valence-electron chi connectivity index (χ2n) is 7.16. The maximum Gasteiger partial charge on any atom is 0.232 e. The predicted molar refractivity (Wildman–Crippen MR) is 96.2 cm³/mol. The van der Waals surface area contributed by atoms with Crippen molar-refractivity contribution in [2.24, 2.45) is 0 Å². The van der Waals surface area contributed by atoms with E-state index in [1.807, 2.05) is 32.3 Å². The van der Waals surface area contributed by atoms with Gasteiger partial charge in [-0.1, -0.05) is 44.2 Å². The van der Waals surface area contributed by atoms with Gasteiger partial charge in [0.05, 0.1) is 5.92 Å². The Morgan fingerprint density at radius 1 is 1.04 bits per heavy atom. The van der Waals surface area contributed by atoms with Crippen molar-refractivity contribution in [2.75, 3.05) is 24.3 Å². The first-order valence-corrected chi connectivity index (χ1v) is 8.06. The van der Waals surface area contributed by atoms with E-state index in [4.69, 9.17) is 0 Å². The summed E-state index contributed by atoms with van der Waals surface area (Å²) in [6, 6.07) is 16.6. The van der Waals surface area contributed by atoms with Crippen molar-refractivity contribution in [2.45, 2.75) is 31.6 Å². The van der Waals surface area contributed by atoms with Crippen molar-refractivity contribution in [3.8, 4) is 0 Å². The minimum absolute atomic E-state index is 0.0652. The summed E-state index contributed by atoms with van der Waals surface area (Å²) in [5, 5.41) is 3.00. The number of anilines is 2. The van der Waals surface area contributed by atoms with E-state index in [9.17, 15) is 4.79 Å². The van der Waals surface area contributed by atoms with E-state index in [1.54, 1.807) is 0 Å². The zero-order valence-corrected chi connectivity index (χ0v) is 14.3. The molecular weight excluding hydrogens is 284 g/mol. The van der Waals surface area contributed by atoms with Gasteiger partial charge < -0.3 is 10.2 Å². The standard InChI is InChI=1S/C20H24N2O/c1-20(2,14-9-11-15(12-10-14)22(3)4)13-17-16-7-5-6-8-18(16)21-19(17)23/h5-12,17H,13H2,1-4H3,(H,21,23). The smallest absolute Gasteiger partial charge is 0.232 e. The van der Waals surface area contributed by atoms with Gasteiger partial charge in [0.2, 0.25) is 5.91 Å². The third-order valence-electron chi connectivity index (χ3n) is 4.79. The summed E-state index contributed by atoms with van der Waals surface area (Å²) in [5.74, 6) is 0.0407. The van der Waals surface area contributed by atoms with Crippen LogP contribution in [-0.2, 0) is 10.2 Å². The number of carbonyl (C=O) groups is 1. The van der Waals surface area contributed by atoms with Gasteiger partial charge >= 0.3 is 0 Å². The number of nitrogens with one attached hydrogen (secondary N) is 1. The number of amides is 1. The minimum Gasteiger partial charge on any atom is -0.378 e. The maximum absolute atomic E-state index is 12.4. The molecule has 120 valence electrons. The van der Waals surface area contributed by atoms with Gasteiger partial charge in [-0.3, -0.25) is 4.79 Å². The molecule has 3 nitrogen and oxygen atoms in total. The summed E-state index contributed by atoms with van der Waals surface area (Å²) in [6.07, 6.45) is 0.803. The number of benzene rings is 2. The highest BCUT2D eigenvalue weighted by atomic mass is 16.2. The molecule has 1 aliphatic heterocycles. The second kappa shape index (κ2) is 5.73. The van der Waals surface area contributed by atoms with Crippen LogP contribution in [0.5, 0.6) is 0 Å². The zero-order chi connectivity index (χ0) is 16.6. The van der Waals surface area contributed by atoms with Gasteiger partial charge in [-0.05, 0) is 41.2 Å². The molecule has 0 radical (unpaired) electrons. The number of para-hydroxylation sites is 1. The Hall–Kier alpha value is -2.29. The Labute approximate surface area is 138 Å². The van der Waals surface area contributed by atoms with E-state index >= 15 is 0 Å². The molecule has 3 rings (SSSR count). The second-order valence-corrected chi connectivity index (χ2v) is 7.16. The Balaban J connectivity index is 1.85. The van der Waals surface area contributed by atoms with Gasteiger partial charge in [0.1, 0.15) is 0 Å². The van der Waals surface area contributed by atoms with Crippen molar-refractivity contribution < 1.29 is 4.79 Å². The molecule has 1 aliphatic rings. The van der Waals surface area contributed by atoms with E-state index in [2.05, 4.69) is 54.4 Å². The fourth-order valence-electron chi connectivity index (χ4n) is 3.32. The molecule has 2 aromatic carbocycles. The molecule has 1 amide bonds. The van der Waals surface area contributed by atoms with Gasteiger partial charge in [0.15, 0.2) is 0 Å². The van der Waals surface area contributed by atoms with Crippen molar-refractivity contribution in [1.82, 2.24) is 0 Å². The van der Waals surface area contributed by atoms with Crippen LogP contribution in [0.3, 0.4) is 0 Å². The molecule has 1 heterocycles. The molecule has 23 heavy (non-hydrogen) atoms. The summed E-state index contributed by atoms with van der Waals surface area (Å²) in [6.45, 7) is 4.43. The highest BCUT2D eigenvalue weighted by molar-refractivity contribution is 6.02. The Bertz CT molecular complexity index is 717. The number of nitrogens with zero attached hydrogens (tertiary/aromatic N) is 1. The maximum atomic E-state index is 12.4. The lowest BCUT2D eigenvalue weighted by atomic mass is 9.75. The molecule has 0 fully saturated rings. The van der Waals surface area contributed by atoms with Crippen LogP contribution in [0.4, 0.5) is 11.4 Å². The molecule has 2 aromatic rings. The third-order valence-corrected chi connectivity index (χ3v) is 4.79. The molecule has 0 aliphatic carbocycles. The van der Waals surface area contributed by atoms with Crippen LogP contribution in [0.1, 0.15) is 37.3 Å². The van der Waals surface area contributed by atoms with Crippen molar-refractivity contribution in [3.05, 3.63) is 59.7 Å². The SMILES string of the molecule is CN(C)c1ccc(C(C)(C)CC2C(=O)Nc3ccccc32)cc1. The highest BCUT2D eigenvalue weighted by Gasteiger charge is 2.35. The summed E-state index contributed by atoms with van der Waals surface area (Å²) in [4.78, 5) is 14.5. The van der Waals surface area contributed by atoms with Gasteiger partial charge in [-0.25, -0.2) is 0 Å². The minimum atomic E-state index is -0.0743. The van der Waals surface area contributed by atoms with Gasteiger partial charge in [0, 0.05) is 25.5 Å². The van der Waals surface area contributed by atoms with Crippen LogP contribution >= 0.6 is 0 Å². The molecule has 3 heteroatoms. The first kappa shape index (κ1) is 15.6. The van der Waals surface area contributed by atoms with Crippen LogP contribution in [0, 0.1) is 0 Å². The summed E-state index contributed by atoms with van der Waals surface area (Å²) in [5.41, 5.74) is 4.47. The molecule has 0 bridgehead atoms. The number of hydrogen-bond acceptors (Lipinski definition) is 2. The molecule has 1 unspecified atom stereocenters. The van der Waals surface area contributed by atoms with Crippen molar-refractivity contribution in [3.63, 3.8) is 0 Å². The number of rotatable bonds is 4. The monoisotopic (exact) mass is 308 g/mol. The lowest BCUT2D eigenvalue weighted by Gasteiger charge is -2.28. The Morgan fingerprint density at radius 3 is 2.35 bits per heavy atom. The van der Waals surface area contributed by atoms with Gasteiger partial charge in [-0.15, -0.1) is 0 Å². The lowest BCUT2D eigenvalue weighted by molar-refractivity contribution is -0.117. The van der Waals surface area contributed by atoms with Crippen molar-refractivity contribution >= 4 is 17.3 Å². The zero-order valence-electron chi connectivity index (χ0n) is 14.3. The first-order valence-electron chi connectivity index (χ1n) is 8.06. The molecule has 0 aromatic heterocycles. The largest absolute Gasteiger partial charge is 0.378 e. The topological polar surface area (TPSA) is 32.3 Å². The van der Waals surface area contributed by atoms with Gasteiger partial charge in [-0.2, -0.15) is 0 Å². The Kier molecular flexibility index (Phi) is 3.88. The van der Waals surface area contributed by atoms with Crippen LogP contribution in [0.15, 0.2) is 48.5 Å². The summed E-state index contributed by atoms with van der Waals surface area (Å²) < 4.78 is 0. The van der Waals surface area contributed by atoms with Crippen LogP contribution < -0.4 is 10.2 Å². The molecule has 0 saturated carbocycles. The molecule has 0 saturated heterocycles.